The van der Waals surface area contributed by atoms with Crippen molar-refractivity contribution in [3.05, 3.63) is 83.9 Å². The molecule has 4 rings (SSSR count). The maximum absolute atomic E-state index is 13.3. The van der Waals surface area contributed by atoms with Gasteiger partial charge >= 0.3 is 5.97 Å². The van der Waals surface area contributed by atoms with Gasteiger partial charge in [0.25, 0.3) is 0 Å². The lowest BCUT2D eigenvalue weighted by Crippen LogP contribution is -2.15. The number of rotatable bonds is 9. The molecule has 0 radical (unpaired) electrons. The Kier molecular flexibility index (Phi) is 7.17. The molecule has 34 heavy (non-hydrogen) atoms. The molecular formula is C26H23FN2O5. The van der Waals surface area contributed by atoms with Crippen LogP contribution in [0.1, 0.15) is 29.5 Å². The molecule has 1 heterocycles. The molecule has 0 unspecified atom stereocenters. The van der Waals surface area contributed by atoms with E-state index in [-0.39, 0.29) is 12.4 Å². The van der Waals surface area contributed by atoms with Crippen LogP contribution in [0.15, 0.2) is 76.4 Å². The fourth-order valence-corrected chi connectivity index (χ4v) is 3.28. The highest BCUT2D eigenvalue weighted by Crippen LogP contribution is 2.27. The van der Waals surface area contributed by atoms with E-state index in [4.69, 9.17) is 18.8 Å². The highest BCUT2D eigenvalue weighted by atomic mass is 19.1. The van der Waals surface area contributed by atoms with E-state index in [2.05, 4.69) is 10.3 Å². The third kappa shape index (κ3) is 5.23. The predicted molar refractivity (Wildman–Crippen MR) is 125 cm³/mol. The van der Waals surface area contributed by atoms with Crippen LogP contribution in [0, 0.1) is 5.82 Å². The van der Waals surface area contributed by atoms with Crippen LogP contribution >= 0.6 is 0 Å². The number of halogens is 1. The molecule has 0 fully saturated rings. The van der Waals surface area contributed by atoms with Gasteiger partial charge in [0.15, 0.2) is 11.5 Å². The Morgan fingerprint density at radius 3 is 2.50 bits per heavy atom. The monoisotopic (exact) mass is 462 g/mol. The van der Waals surface area contributed by atoms with Crippen molar-refractivity contribution in [2.75, 3.05) is 20.3 Å². The van der Waals surface area contributed by atoms with E-state index >= 15 is 0 Å². The molecule has 0 amide bonds. The minimum atomic E-state index is -0.514. The van der Waals surface area contributed by atoms with Gasteiger partial charge < -0.3 is 18.8 Å². The first-order chi connectivity index (χ1) is 16.6. The Morgan fingerprint density at radius 2 is 1.79 bits per heavy atom. The number of benzene rings is 3. The van der Waals surface area contributed by atoms with E-state index in [9.17, 15) is 9.18 Å². The van der Waals surface area contributed by atoms with Crippen LogP contribution in [-0.4, -0.2) is 37.2 Å². The Labute approximate surface area is 195 Å². The first kappa shape index (κ1) is 23.0. The standard InChI is InChI=1S/C26H23FN2O5/c1-3-12-33-28-23(25-15-22(29-34-25)17-8-10-20(27)11-9-17)16-32-24-14-19-7-5-4-6-18(19)13-21(24)26(30)31-2/h4-11,13-15H,3,12,16H2,1-2H3/b28-23+. The van der Waals surface area contributed by atoms with Gasteiger partial charge in [0.2, 0.25) is 0 Å². The van der Waals surface area contributed by atoms with Crippen molar-refractivity contribution in [1.29, 1.82) is 0 Å². The number of aromatic nitrogens is 1. The van der Waals surface area contributed by atoms with Crippen molar-refractivity contribution in [2.24, 2.45) is 5.16 Å². The Hall–Kier alpha value is -4.20. The van der Waals surface area contributed by atoms with Gasteiger partial charge in [-0.2, -0.15) is 0 Å². The van der Waals surface area contributed by atoms with E-state index in [1.807, 2.05) is 31.2 Å². The van der Waals surface area contributed by atoms with E-state index < -0.39 is 5.97 Å². The molecule has 0 N–H and O–H groups in total. The molecule has 0 atom stereocenters. The lowest BCUT2D eigenvalue weighted by Gasteiger charge is -2.12. The molecule has 0 aliphatic heterocycles. The maximum atomic E-state index is 13.3. The zero-order chi connectivity index (χ0) is 23.9. The number of hydrogen-bond acceptors (Lipinski definition) is 7. The normalized spacial score (nSPS) is 11.4. The molecule has 174 valence electrons. The molecule has 0 saturated carbocycles. The Morgan fingerprint density at radius 1 is 1.06 bits per heavy atom. The zero-order valence-electron chi connectivity index (χ0n) is 18.8. The summed E-state index contributed by atoms with van der Waals surface area (Å²) in [5.41, 5.74) is 1.84. The summed E-state index contributed by atoms with van der Waals surface area (Å²) in [5, 5.41) is 10.0. The van der Waals surface area contributed by atoms with Gasteiger partial charge in [-0.3, -0.25) is 0 Å². The van der Waals surface area contributed by atoms with Crippen molar-refractivity contribution in [3.8, 4) is 17.0 Å². The fraction of sp³-hybridized carbons (Fsp3) is 0.192. The molecule has 0 bridgehead atoms. The molecule has 0 aliphatic carbocycles. The molecule has 0 aliphatic rings. The molecule has 0 spiro atoms. The molecular weight excluding hydrogens is 439 g/mol. The summed E-state index contributed by atoms with van der Waals surface area (Å²) in [6.45, 7) is 2.32. The summed E-state index contributed by atoms with van der Waals surface area (Å²) in [5.74, 6) is -0.185. The number of methoxy groups -OCH3 is 1. The summed E-state index contributed by atoms with van der Waals surface area (Å²) in [4.78, 5) is 17.7. The predicted octanol–water partition coefficient (Wildman–Crippen LogP) is 5.63. The summed E-state index contributed by atoms with van der Waals surface area (Å²) < 4.78 is 29.7. The highest BCUT2D eigenvalue weighted by molar-refractivity contribution is 6.01. The molecule has 3 aromatic carbocycles. The lowest BCUT2D eigenvalue weighted by atomic mass is 10.1. The SMILES string of the molecule is CCCO/N=C(\COc1cc2ccccc2cc1C(=O)OC)c1cc(-c2ccc(F)cc2)no1. The minimum Gasteiger partial charge on any atom is -0.486 e. The second-order valence-corrected chi connectivity index (χ2v) is 7.43. The van der Waals surface area contributed by atoms with Crippen LogP contribution in [0.5, 0.6) is 5.75 Å². The summed E-state index contributed by atoms with van der Waals surface area (Å²) >= 11 is 0. The quantitative estimate of drug-likeness (QED) is 0.139. The first-order valence-electron chi connectivity index (χ1n) is 10.7. The topological polar surface area (TPSA) is 83.2 Å². The van der Waals surface area contributed by atoms with Crippen molar-refractivity contribution in [1.82, 2.24) is 5.16 Å². The Balaban J connectivity index is 1.63. The van der Waals surface area contributed by atoms with Crippen molar-refractivity contribution < 1.29 is 28.0 Å². The summed E-state index contributed by atoms with van der Waals surface area (Å²) in [6.07, 6.45) is 0.770. The second kappa shape index (κ2) is 10.6. The number of ether oxygens (including phenoxy) is 2. The van der Waals surface area contributed by atoms with Crippen LogP contribution in [-0.2, 0) is 9.57 Å². The van der Waals surface area contributed by atoms with Gasteiger partial charge in [-0.05, 0) is 53.6 Å². The van der Waals surface area contributed by atoms with E-state index in [0.29, 0.717) is 40.6 Å². The number of hydrogen-bond donors (Lipinski definition) is 0. The number of carbonyl (C=O) groups excluding carboxylic acids is 1. The lowest BCUT2D eigenvalue weighted by molar-refractivity contribution is 0.0597. The maximum Gasteiger partial charge on any atom is 0.341 e. The average Bonchev–Trinajstić information content (AvgIpc) is 3.35. The Bertz CT molecular complexity index is 1310. The van der Waals surface area contributed by atoms with Crippen LogP contribution in [0.2, 0.25) is 0 Å². The fourth-order valence-electron chi connectivity index (χ4n) is 3.28. The van der Waals surface area contributed by atoms with Crippen molar-refractivity contribution in [2.45, 2.75) is 13.3 Å². The van der Waals surface area contributed by atoms with Gasteiger partial charge in [-0.25, -0.2) is 9.18 Å². The average molecular weight is 462 g/mol. The van der Waals surface area contributed by atoms with Gasteiger partial charge in [0.05, 0.1) is 7.11 Å². The highest BCUT2D eigenvalue weighted by Gasteiger charge is 2.19. The summed E-state index contributed by atoms with van der Waals surface area (Å²) in [7, 11) is 1.32. The second-order valence-electron chi connectivity index (χ2n) is 7.43. The van der Waals surface area contributed by atoms with Crippen molar-refractivity contribution >= 4 is 22.5 Å². The first-order valence-corrected chi connectivity index (χ1v) is 10.7. The zero-order valence-corrected chi connectivity index (χ0v) is 18.8. The van der Waals surface area contributed by atoms with Crippen LogP contribution in [0.3, 0.4) is 0 Å². The smallest absolute Gasteiger partial charge is 0.341 e. The largest absolute Gasteiger partial charge is 0.486 e. The number of fused-ring (bicyclic) bond motifs is 1. The number of carbonyl (C=O) groups is 1. The van der Waals surface area contributed by atoms with E-state index in [1.165, 1.54) is 19.2 Å². The third-order valence-electron chi connectivity index (χ3n) is 5.02. The third-order valence-corrected chi connectivity index (χ3v) is 5.02. The van der Waals surface area contributed by atoms with Crippen LogP contribution in [0.4, 0.5) is 4.39 Å². The van der Waals surface area contributed by atoms with Crippen LogP contribution < -0.4 is 4.74 Å². The van der Waals surface area contributed by atoms with Crippen molar-refractivity contribution in [3.63, 3.8) is 0 Å². The summed E-state index contributed by atoms with van der Waals surface area (Å²) in [6, 6.07) is 18.7. The molecule has 1 aromatic heterocycles. The number of oxime groups is 1. The van der Waals surface area contributed by atoms with Gasteiger partial charge in [-0.1, -0.05) is 41.5 Å². The van der Waals surface area contributed by atoms with Gasteiger partial charge in [0, 0.05) is 11.6 Å². The van der Waals surface area contributed by atoms with Crippen LogP contribution in [0.25, 0.3) is 22.0 Å². The molecule has 0 saturated heterocycles. The van der Waals surface area contributed by atoms with E-state index in [1.54, 1.807) is 30.3 Å². The molecule has 8 heteroatoms. The molecule has 7 nitrogen and oxygen atoms in total. The van der Waals surface area contributed by atoms with Gasteiger partial charge in [-0.15, -0.1) is 0 Å². The van der Waals surface area contributed by atoms with Gasteiger partial charge in [0.1, 0.15) is 36.0 Å². The number of nitrogens with zero attached hydrogens (tertiary/aromatic N) is 2. The molecule has 4 aromatic rings. The minimum absolute atomic E-state index is 0.0515. The van der Waals surface area contributed by atoms with E-state index in [0.717, 1.165) is 17.2 Å². The number of esters is 1.